The lowest BCUT2D eigenvalue weighted by Gasteiger charge is -2.28. The van der Waals surface area contributed by atoms with E-state index >= 15 is 0 Å². The topological polar surface area (TPSA) is 24.1 Å². The van der Waals surface area contributed by atoms with E-state index in [1.807, 2.05) is 0 Å². The van der Waals surface area contributed by atoms with Crippen LogP contribution in [0.3, 0.4) is 0 Å². The van der Waals surface area contributed by atoms with Gasteiger partial charge < -0.3 is 10.6 Å². The van der Waals surface area contributed by atoms with Gasteiger partial charge in [-0.15, -0.1) is 0 Å². The molecule has 0 aromatic heterocycles. The molecule has 0 radical (unpaired) electrons. The van der Waals surface area contributed by atoms with E-state index in [4.69, 9.17) is 0 Å². The van der Waals surface area contributed by atoms with E-state index in [1.54, 1.807) is 0 Å². The summed E-state index contributed by atoms with van der Waals surface area (Å²) in [5, 5.41) is 7.21. The van der Waals surface area contributed by atoms with Crippen LogP contribution < -0.4 is 10.6 Å². The minimum absolute atomic E-state index is 0.611. The molecule has 0 spiro atoms. The molecule has 2 heteroatoms. The molecule has 0 aromatic carbocycles. The molecule has 4 unspecified atom stereocenters. The van der Waals surface area contributed by atoms with Gasteiger partial charge in [0.05, 0.1) is 0 Å². The van der Waals surface area contributed by atoms with Gasteiger partial charge in [0.2, 0.25) is 0 Å². The highest BCUT2D eigenvalue weighted by Gasteiger charge is 2.41. The van der Waals surface area contributed by atoms with Gasteiger partial charge >= 0.3 is 0 Å². The number of nitrogens with one attached hydrogen (secondary N) is 2. The lowest BCUT2D eigenvalue weighted by Crippen LogP contribution is -2.42. The molecule has 2 saturated heterocycles. The highest BCUT2D eigenvalue weighted by Crippen LogP contribution is 2.33. The van der Waals surface area contributed by atoms with Crippen LogP contribution in [-0.2, 0) is 0 Å². The normalized spacial score (nSPS) is 47.4. The molecule has 13 heavy (non-hydrogen) atoms. The zero-order valence-electron chi connectivity index (χ0n) is 7.74. The summed E-state index contributed by atoms with van der Waals surface area (Å²) in [6.07, 6.45) is 10.3. The zero-order valence-corrected chi connectivity index (χ0v) is 7.74. The number of fused-ring (bicyclic) bond motifs is 3. The summed E-state index contributed by atoms with van der Waals surface area (Å²) < 4.78 is 0. The van der Waals surface area contributed by atoms with Crippen LogP contribution in [0, 0.1) is 11.8 Å². The van der Waals surface area contributed by atoms with Crippen LogP contribution in [-0.4, -0.2) is 25.2 Å². The fourth-order valence-corrected chi connectivity index (χ4v) is 2.94. The quantitative estimate of drug-likeness (QED) is 0.567. The maximum atomic E-state index is 3.72. The summed E-state index contributed by atoms with van der Waals surface area (Å²) in [6.45, 7) is 2.37. The molecule has 70 valence electrons. The van der Waals surface area contributed by atoms with Crippen molar-refractivity contribution in [1.29, 1.82) is 0 Å². The molecule has 3 rings (SSSR count). The first-order valence-electron chi connectivity index (χ1n) is 5.27. The molecular weight excluding hydrogens is 160 g/mol. The van der Waals surface area contributed by atoms with E-state index in [0.717, 1.165) is 17.9 Å². The predicted octanol–water partition coefficient (Wildman–Crippen LogP) is 0.678. The summed E-state index contributed by atoms with van der Waals surface area (Å²) in [6, 6.07) is 1.36. The van der Waals surface area contributed by atoms with Crippen LogP contribution in [0.15, 0.2) is 24.3 Å². The van der Waals surface area contributed by atoms with E-state index in [9.17, 15) is 0 Å². The van der Waals surface area contributed by atoms with Crippen molar-refractivity contribution in [3.63, 3.8) is 0 Å². The maximum absolute atomic E-state index is 3.72. The molecule has 2 heterocycles. The number of allylic oxidation sites excluding steroid dienone is 2. The van der Waals surface area contributed by atoms with Crippen molar-refractivity contribution in [3.05, 3.63) is 24.3 Å². The number of hydrogen-bond acceptors (Lipinski definition) is 2. The number of rotatable bonds is 0. The van der Waals surface area contributed by atoms with Crippen molar-refractivity contribution >= 4 is 0 Å². The Labute approximate surface area is 79.1 Å². The van der Waals surface area contributed by atoms with Crippen LogP contribution in [0.25, 0.3) is 0 Å². The van der Waals surface area contributed by atoms with Gasteiger partial charge in [0.25, 0.3) is 0 Å². The first kappa shape index (κ1) is 7.77. The summed E-state index contributed by atoms with van der Waals surface area (Å²) in [4.78, 5) is 0. The summed E-state index contributed by atoms with van der Waals surface area (Å²) >= 11 is 0. The molecule has 0 amide bonds. The molecular formula is C11H16N2. The average molecular weight is 176 g/mol. The van der Waals surface area contributed by atoms with Crippen LogP contribution in [0.2, 0.25) is 0 Å². The van der Waals surface area contributed by atoms with Gasteiger partial charge in [0.1, 0.15) is 0 Å². The fourth-order valence-electron chi connectivity index (χ4n) is 2.94. The van der Waals surface area contributed by atoms with Gasteiger partial charge in [0, 0.05) is 24.5 Å². The number of piperidine rings is 1. The Bertz CT molecular complexity index is 257. The highest BCUT2D eigenvalue weighted by molar-refractivity contribution is 5.22. The van der Waals surface area contributed by atoms with Crippen molar-refractivity contribution in [2.24, 2.45) is 11.8 Å². The van der Waals surface area contributed by atoms with Crippen molar-refractivity contribution in [3.8, 4) is 0 Å². The second kappa shape index (κ2) is 2.96. The van der Waals surface area contributed by atoms with Gasteiger partial charge in [-0.25, -0.2) is 0 Å². The van der Waals surface area contributed by atoms with Crippen LogP contribution in [0.1, 0.15) is 6.42 Å². The number of hydrogen-bond donors (Lipinski definition) is 2. The smallest absolute Gasteiger partial charge is 0.0322 e. The summed E-state index contributed by atoms with van der Waals surface area (Å²) in [7, 11) is 0. The standard InChI is InChI=1S/C11H16N2/c1-2-4-10-8(3-1)9-7-12-6-5-11(9)13-10/h1-4,8-13H,5-7H2. The molecule has 2 nitrogen and oxygen atoms in total. The molecule has 2 fully saturated rings. The van der Waals surface area contributed by atoms with Gasteiger partial charge in [-0.2, -0.15) is 0 Å². The van der Waals surface area contributed by atoms with Crippen LogP contribution in [0.5, 0.6) is 0 Å². The van der Waals surface area contributed by atoms with Gasteiger partial charge in [-0.05, 0) is 18.9 Å². The van der Waals surface area contributed by atoms with E-state index in [1.165, 1.54) is 19.5 Å². The van der Waals surface area contributed by atoms with E-state index < -0.39 is 0 Å². The van der Waals surface area contributed by atoms with Gasteiger partial charge in [-0.1, -0.05) is 24.3 Å². The summed E-state index contributed by atoms with van der Waals surface area (Å²) in [5.41, 5.74) is 0. The predicted molar refractivity (Wildman–Crippen MR) is 53.5 cm³/mol. The Kier molecular flexibility index (Phi) is 1.77. The highest BCUT2D eigenvalue weighted by atomic mass is 15.1. The van der Waals surface area contributed by atoms with Gasteiger partial charge in [0.15, 0.2) is 0 Å². The Morgan fingerprint density at radius 3 is 3.08 bits per heavy atom. The second-order valence-electron chi connectivity index (χ2n) is 4.30. The first-order valence-corrected chi connectivity index (χ1v) is 5.27. The zero-order chi connectivity index (χ0) is 8.67. The third-order valence-corrected chi connectivity index (χ3v) is 3.61. The molecule has 0 bridgehead atoms. The molecule has 1 aliphatic carbocycles. The van der Waals surface area contributed by atoms with Crippen molar-refractivity contribution in [2.75, 3.05) is 13.1 Å². The Balaban J connectivity index is 1.85. The lowest BCUT2D eigenvalue weighted by molar-refractivity contribution is 0.315. The van der Waals surface area contributed by atoms with Crippen molar-refractivity contribution in [2.45, 2.75) is 18.5 Å². The Morgan fingerprint density at radius 2 is 2.08 bits per heavy atom. The second-order valence-corrected chi connectivity index (χ2v) is 4.30. The molecule has 0 aromatic rings. The van der Waals surface area contributed by atoms with E-state index in [2.05, 4.69) is 34.9 Å². The van der Waals surface area contributed by atoms with Gasteiger partial charge in [-0.3, -0.25) is 0 Å². The maximum Gasteiger partial charge on any atom is 0.0322 e. The van der Waals surface area contributed by atoms with E-state index in [-0.39, 0.29) is 0 Å². The largest absolute Gasteiger partial charge is 0.316 e. The minimum atomic E-state index is 0.611. The molecule has 0 saturated carbocycles. The third-order valence-electron chi connectivity index (χ3n) is 3.61. The molecule has 2 aliphatic heterocycles. The Morgan fingerprint density at radius 1 is 1.15 bits per heavy atom. The van der Waals surface area contributed by atoms with Crippen molar-refractivity contribution < 1.29 is 0 Å². The minimum Gasteiger partial charge on any atom is -0.316 e. The monoisotopic (exact) mass is 176 g/mol. The average Bonchev–Trinajstić information content (AvgIpc) is 2.56. The van der Waals surface area contributed by atoms with E-state index in [0.29, 0.717) is 6.04 Å². The molecule has 4 atom stereocenters. The Hall–Kier alpha value is -0.600. The van der Waals surface area contributed by atoms with Crippen LogP contribution in [0.4, 0.5) is 0 Å². The third kappa shape index (κ3) is 1.17. The first-order chi connectivity index (χ1) is 6.45. The lowest BCUT2D eigenvalue weighted by atomic mass is 9.82. The molecule has 3 aliphatic rings. The SMILES string of the molecule is C1=CC2NC3CCNCC3C2C=C1. The summed E-state index contributed by atoms with van der Waals surface area (Å²) in [5.74, 6) is 1.56. The molecule has 2 N–H and O–H groups in total. The van der Waals surface area contributed by atoms with Crippen molar-refractivity contribution in [1.82, 2.24) is 10.6 Å². The van der Waals surface area contributed by atoms with Crippen LogP contribution >= 0.6 is 0 Å². The fraction of sp³-hybridized carbons (Fsp3) is 0.636.